The molecule has 0 aliphatic rings. The zero-order valence-corrected chi connectivity index (χ0v) is 9.41. The molecule has 3 nitrogen and oxygen atoms in total. The number of nitrogens with one attached hydrogen (secondary N) is 1. The molecule has 0 fully saturated rings. The van der Waals surface area contributed by atoms with Crippen molar-refractivity contribution in [2.24, 2.45) is 0 Å². The van der Waals surface area contributed by atoms with E-state index < -0.39 is 0 Å². The zero-order valence-electron chi connectivity index (χ0n) is 8.66. The van der Waals surface area contributed by atoms with Crippen molar-refractivity contribution in [2.75, 3.05) is 5.32 Å². The molecule has 0 aliphatic carbocycles. The Hall–Kier alpha value is -1.74. The maximum Gasteiger partial charge on any atom is 0.291 e. The molecule has 0 unspecified atom stereocenters. The number of aryl methyl sites for hydroxylation is 1. The molecule has 0 bridgehead atoms. The Bertz CT molecular complexity index is 519. The lowest BCUT2D eigenvalue weighted by molar-refractivity contribution is 0.0995. The Morgan fingerprint density at radius 2 is 2.12 bits per heavy atom. The van der Waals surface area contributed by atoms with Gasteiger partial charge in [0.1, 0.15) is 5.76 Å². The Morgan fingerprint density at radius 1 is 1.31 bits per heavy atom. The van der Waals surface area contributed by atoms with Gasteiger partial charge in [-0.25, -0.2) is 0 Å². The fourth-order valence-electron chi connectivity index (χ4n) is 1.32. The highest BCUT2D eigenvalue weighted by molar-refractivity contribution is 6.30. The first-order chi connectivity index (χ1) is 7.65. The van der Waals surface area contributed by atoms with Gasteiger partial charge in [0.2, 0.25) is 0 Å². The molecular formula is C12H10ClNO2. The summed E-state index contributed by atoms with van der Waals surface area (Å²) in [5.41, 5.74) is 0.645. The molecule has 4 heteroatoms. The van der Waals surface area contributed by atoms with Gasteiger partial charge in [0.15, 0.2) is 5.76 Å². The summed E-state index contributed by atoms with van der Waals surface area (Å²) in [5, 5.41) is 3.27. The second kappa shape index (κ2) is 4.41. The number of furan rings is 1. The standard InChI is InChI=1S/C12H10ClNO2/c1-8-5-6-11(16-8)12(15)14-10-4-2-3-9(13)7-10/h2-7H,1H3,(H,14,15). The van der Waals surface area contributed by atoms with Crippen LogP contribution < -0.4 is 5.32 Å². The molecule has 1 aromatic carbocycles. The average Bonchev–Trinajstić information content (AvgIpc) is 2.65. The van der Waals surface area contributed by atoms with E-state index in [1.54, 1.807) is 43.3 Å². The summed E-state index contributed by atoms with van der Waals surface area (Å²) in [6, 6.07) is 10.3. The van der Waals surface area contributed by atoms with Crippen molar-refractivity contribution in [2.45, 2.75) is 6.92 Å². The van der Waals surface area contributed by atoms with E-state index in [-0.39, 0.29) is 11.7 Å². The van der Waals surface area contributed by atoms with Crippen LogP contribution in [0.5, 0.6) is 0 Å². The number of rotatable bonds is 2. The molecule has 16 heavy (non-hydrogen) atoms. The van der Waals surface area contributed by atoms with Crippen LogP contribution in [0.1, 0.15) is 16.3 Å². The van der Waals surface area contributed by atoms with Crippen LogP contribution in [0.4, 0.5) is 5.69 Å². The molecule has 82 valence electrons. The van der Waals surface area contributed by atoms with E-state index in [2.05, 4.69) is 5.32 Å². The molecule has 1 heterocycles. The minimum Gasteiger partial charge on any atom is -0.456 e. The maximum absolute atomic E-state index is 11.7. The summed E-state index contributed by atoms with van der Waals surface area (Å²) in [7, 11) is 0. The van der Waals surface area contributed by atoms with Gasteiger partial charge in [0.25, 0.3) is 5.91 Å². The normalized spacial score (nSPS) is 10.1. The van der Waals surface area contributed by atoms with E-state index in [4.69, 9.17) is 16.0 Å². The largest absolute Gasteiger partial charge is 0.456 e. The molecule has 1 N–H and O–H groups in total. The van der Waals surface area contributed by atoms with Crippen molar-refractivity contribution in [3.8, 4) is 0 Å². The molecule has 0 atom stereocenters. The number of anilines is 1. The molecule has 2 aromatic rings. The summed E-state index contributed by atoms with van der Waals surface area (Å²) < 4.78 is 5.20. The zero-order chi connectivity index (χ0) is 11.5. The molecule has 1 aromatic heterocycles. The summed E-state index contributed by atoms with van der Waals surface area (Å²) >= 11 is 5.80. The highest BCUT2D eigenvalue weighted by Crippen LogP contribution is 2.16. The van der Waals surface area contributed by atoms with E-state index >= 15 is 0 Å². The fraction of sp³-hybridized carbons (Fsp3) is 0.0833. The molecule has 0 spiro atoms. The van der Waals surface area contributed by atoms with Crippen LogP contribution >= 0.6 is 11.6 Å². The van der Waals surface area contributed by atoms with Crippen LogP contribution in [0.3, 0.4) is 0 Å². The lowest BCUT2D eigenvalue weighted by Crippen LogP contribution is -2.10. The second-order valence-electron chi connectivity index (χ2n) is 3.37. The first kappa shape index (κ1) is 10.8. The quantitative estimate of drug-likeness (QED) is 0.866. The van der Waals surface area contributed by atoms with Gasteiger partial charge in [-0.3, -0.25) is 4.79 Å². The van der Waals surface area contributed by atoms with Gasteiger partial charge < -0.3 is 9.73 Å². The smallest absolute Gasteiger partial charge is 0.291 e. The summed E-state index contributed by atoms with van der Waals surface area (Å²) in [6.07, 6.45) is 0. The molecule has 2 rings (SSSR count). The Labute approximate surface area is 98.0 Å². The first-order valence-electron chi connectivity index (χ1n) is 4.78. The number of hydrogen-bond donors (Lipinski definition) is 1. The van der Waals surface area contributed by atoms with E-state index in [0.717, 1.165) is 0 Å². The third-order valence-corrected chi connectivity index (χ3v) is 2.28. The van der Waals surface area contributed by atoms with Crippen molar-refractivity contribution in [3.63, 3.8) is 0 Å². The third-order valence-electron chi connectivity index (χ3n) is 2.05. The van der Waals surface area contributed by atoms with E-state index in [0.29, 0.717) is 16.5 Å². The lowest BCUT2D eigenvalue weighted by atomic mass is 10.3. The monoisotopic (exact) mass is 235 g/mol. The van der Waals surface area contributed by atoms with Crippen molar-refractivity contribution in [3.05, 3.63) is 52.9 Å². The van der Waals surface area contributed by atoms with E-state index in [9.17, 15) is 4.79 Å². The second-order valence-corrected chi connectivity index (χ2v) is 3.81. The van der Waals surface area contributed by atoms with E-state index in [1.165, 1.54) is 0 Å². The molecule has 0 aliphatic heterocycles. The van der Waals surface area contributed by atoms with E-state index in [1.807, 2.05) is 0 Å². The number of amides is 1. The highest BCUT2D eigenvalue weighted by Gasteiger charge is 2.09. The number of benzene rings is 1. The number of hydrogen-bond acceptors (Lipinski definition) is 2. The maximum atomic E-state index is 11.7. The SMILES string of the molecule is Cc1ccc(C(=O)Nc2cccc(Cl)c2)o1. The third kappa shape index (κ3) is 2.44. The summed E-state index contributed by atoms with van der Waals surface area (Å²) in [4.78, 5) is 11.7. The van der Waals surface area contributed by atoms with Crippen molar-refractivity contribution in [1.29, 1.82) is 0 Å². The number of carbonyl (C=O) groups excluding carboxylic acids is 1. The lowest BCUT2D eigenvalue weighted by Gasteiger charge is -2.02. The van der Waals surface area contributed by atoms with Gasteiger partial charge in [0, 0.05) is 10.7 Å². The predicted molar refractivity (Wildman–Crippen MR) is 62.9 cm³/mol. The topological polar surface area (TPSA) is 42.2 Å². The summed E-state index contributed by atoms with van der Waals surface area (Å²) in [5.74, 6) is 0.712. The van der Waals surface area contributed by atoms with Crippen LogP contribution in [0.15, 0.2) is 40.8 Å². The van der Waals surface area contributed by atoms with Crippen LogP contribution in [-0.2, 0) is 0 Å². The molecule has 0 saturated heterocycles. The average molecular weight is 236 g/mol. The van der Waals surface area contributed by atoms with Crippen molar-refractivity contribution < 1.29 is 9.21 Å². The molecule has 1 amide bonds. The highest BCUT2D eigenvalue weighted by atomic mass is 35.5. The minimum absolute atomic E-state index is 0.282. The first-order valence-corrected chi connectivity index (χ1v) is 5.16. The Morgan fingerprint density at radius 3 is 2.75 bits per heavy atom. The molecule has 0 radical (unpaired) electrons. The molecule has 0 saturated carbocycles. The Balaban J connectivity index is 2.13. The van der Waals surface area contributed by atoms with Gasteiger partial charge in [-0.2, -0.15) is 0 Å². The van der Waals surface area contributed by atoms with Gasteiger partial charge in [-0.1, -0.05) is 17.7 Å². The van der Waals surface area contributed by atoms with Gasteiger partial charge in [-0.15, -0.1) is 0 Å². The number of carbonyl (C=O) groups is 1. The summed E-state index contributed by atoms with van der Waals surface area (Å²) in [6.45, 7) is 1.79. The van der Waals surface area contributed by atoms with Crippen molar-refractivity contribution in [1.82, 2.24) is 0 Å². The van der Waals surface area contributed by atoms with Gasteiger partial charge in [-0.05, 0) is 37.3 Å². The predicted octanol–water partition coefficient (Wildman–Crippen LogP) is 3.49. The molecular weight excluding hydrogens is 226 g/mol. The van der Waals surface area contributed by atoms with Crippen LogP contribution in [0, 0.1) is 6.92 Å². The van der Waals surface area contributed by atoms with Crippen LogP contribution in [-0.4, -0.2) is 5.91 Å². The number of halogens is 1. The fourth-order valence-corrected chi connectivity index (χ4v) is 1.51. The van der Waals surface area contributed by atoms with Crippen LogP contribution in [0.2, 0.25) is 5.02 Å². The Kier molecular flexibility index (Phi) is 2.97. The van der Waals surface area contributed by atoms with Gasteiger partial charge in [0.05, 0.1) is 0 Å². The van der Waals surface area contributed by atoms with Gasteiger partial charge >= 0.3 is 0 Å². The minimum atomic E-state index is -0.282. The van der Waals surface area contributed by atoms with Crippen molar-refractivity contribution >= 4 is 23.2 Å². The van der Waals surface area contributed by atoms with Crippen LogP contribution in [0.25, 0.3) is 0 Å².